The Hall–Kier alpha value is -3.33. The number of amides is 1. The van der Waals surface area contributed by atoms with Gasteiger partial charge < -0.3 is 19.4 Å². The Labute approximate surface area is 185 Å². The number of hydrogen-bond donors (Lipinski definition) is 1. The van der Waals surface area contributed by atoms with Gasteiger partial charge in [-0.3, -0.25) is 4.79 Å². The number of nitrogens with zero attached hydrogens (tertiary/aromatic N) is 3. The lowest BCUT2D eigenvalue weighted by Gasteiger charge is -2.15. The highest BCUT2D eigenvalue weighted by atomic mass is 32.2. The molecular weight excluding hydrogens is 416 g/mol. The van der Waals surface area contributed by atoms with Crippen molar-refractivity contribution in [3.63, 3.8) is 0 Å². The maximum atomic E-state index is 12.3. The molecule has 3 rings (SSSR count). The number of ether oxygens (including phenoxy) is 2. The molecule has 9 heteroatoms. The Morgan fingerprint density at radius 3 is 2.45 bits per heavy atom. The van der Waals surface area contributed by atoms with Gasteiger partial charge in [0.15, 0.2) is 17.1 Å². The van der Waals surface area contributed by atoms with Crippen LogP contribution in [0.2, 0.25) is 0 Å². The van der Waals surface area contributed by atoms with E-state index in [-0.39, 0.29) is 17.8 Å². The fraction of sp³-hybridized carbons (Fsp3) is 0.273. The minimum atomic E-state index is -0.423. The van der Waals surface area contributed by atoms with Crippen LogP contribution in [0.25, 0.3) is 0 Å². The molecule has 1 atom stereocenters. The molecule has 1 heterocycles. The number of methoxy groups -OCH3 is 1. The number of benzene rings is 2. The molecule has 0 saturated heterocycles. The van der Waals surface area contributed by atoms with Crippen molar-refractivity contribution < 1.29 is 19.1 Å². The largest absolute Gasteiger partial charge is 0.483 e. The molecular formula is C22H24N4O4S. The van der Waals surface area contributed by atoms with Crippen LogP contribution in [-0.2, 0) is 16.1 Å². The second kappa shape index (κ2) is 10.6. The summed E-state index contributed by atoms with van der Waals surface area (Å²) in [7, 11) is 1.32. The predicted octanol–water partition coefficient (Wildman–Crippen LogP) is 3.96. The van der Waals surface area contributed by atoms with Crippen molar-refractivity contribution >= 4 is 29.3 Å². The zero-order valence-electron chi connectivity index (χ0n) is 17.6. The Bertz CT molecular complexity index is 1020. The number of carbonyl (C=O) groups excluding carboxylic acids is 2. The molecule has 0 aliphatic rings. The summed E-state index contributed by atoms with van der Waals surface area (Å²) < 4.78 is 12.6. The maximum absolute atomic E-state index is 12.3. The van der Waals surface area contributed by atoms with E-state index in [9.17, 15) is 9.59 Å². The molecule has 1 amide bonds. The third-order valence-electron chi connectivity index (χ3n) is 4.40. The molecule has 1 aromatic heterocycles. The van der Waals surface area contributed by atoms with E-state index >= 15 is 0 Å². The summed E-state index contributed by atoms with van der Waals surface area (Å²) in [6, 6.07) is 16.0. The van der Waals surface area contributed by atoms with Crippen LogP contribution < -0.4 is 10.1 Å². The van der Waals surface area contributed by atoms with Crippen LogP contribution in [-0.4, -0.2) is 39.5 Å². The second-order valence-corrected chi connectivity index (χ2v) is 7.51. The Balaban J connectivity index is 1.58. The maximum Gasteiger partial charge on any atom is 0.337 e. The normalized spacial score (nSPS) is 11.6. The van der Waals surface area contributed by atoms with E-state index in [1.807, 2.05) is 48.7 Å². The lowest BCUT2D eigenvalue weighted by molar-refractivity contribution is -0.113. The highest BCUT2D eigenvalue weighted by Gasteiger charge is 2.19. The molecule has 1 N–H and O–H groups in total. The van der Waals surface area contributed by atoms with Crippen molar-refractivity contribution in [2.45, 2.75) is 31.7 Å². The topological polar surface area (TPSA) is 95.3 Å². The van der Waals surface area contributed by atoms with E-state index in [4.69, 9.17) is 4.74 Å². The Morgan fingerprint density at radius 1 is 1.10 bits per heavy atom. The number of aromatic nitrogens is 3. The van der Waals surface area contributed by atoms with E-state index in [2.05, 4.69) is 20.3 Å². The first kappa shape index (κ1) is 22.4. The van der Waals surface area contributed by atoms with Crippen LogP contribution in [0.1, 0.15) is 36.1 Å². The SMILES string of the molecule is CCn1c(SCC(=O)Nc2ccc(C(=O)OC)cc2)nnc1C(C)Oc1ccccc1. The molecule has 3 aromatic rings. The number of hydrogen-bond acceptors (Lipinski definition) is 7. The Kier molecular flexibility index (Phi) is 7.66. The summed E-state index contributed by atoms with van der Waals surface area (Å²) in [5.74, 6) is 1.02. The van der Waals surface area contributed by atoms with Crippen molar-refractivity contribution in [2.75, 3.05) is 18.2 Å². The van der Waals surface area contributed by atoms with Crippen LogP contribution in [0.3, 0.4) is 0 Å². The molecule has 0 saturated carbocycles. The smallest absolute Gasteiger partial charge is 0.337 e. The predicted molar refractivity (Wildman–Crippen MR) is 118 cm³/mol. The minimum absolute atomic E-state index is 0.171. The molecule has 2 aromatic carbocycles. The molecule has 0 spiro atoms. The molecule has 0 aliphatic heterocycles. The average Bonchev–Trinajstić information content (AvgIpc) is 3.21. The zero-order valence-corrected chi connectivity index (χ0v) is 18.4. The van der Waals surface area contributed by atoms with Gasteiger partial charge in [0.25, 0.3) is 0 Å². The quantitative estimate of drug-likeness (QED) is 0.397. The van der Waals surface area contributed by atoms with Crippen LogP contribution in [0, 0.1) is 0 Å². The summed E-state index contributed by atoms with van der Waals surface area (Å²) in [5.41, 5.74) is 1.02. The fourth-order valence-electron chi connectivity index (χ4n) is 2.90. The van der Waals surface area contributed by atoms with Crippen molar-refractivity contribution in [2.24, 2.45) is 0 Å². The van der Waals surface area contributed by atoms with E-state index < -0.39 is 5.97 Å². The van der Waals surface area contributed by atoms with E-state index in [1.54, 1.807) is 24.3 Å². The number of rotatable bonds is 9. The monoisotopic (exact) mass is 440 g/mol. The molecule has 1 unspecified atom stereocenters. The molecule has 31 heavy (non-hydrogen) atoms. The number of thioether (sulfide) groups is 1. The van der Waals surface area contributed by atoms with Crippen LogP contribution in [0.4, 0.5) is 5.69 Å². The molecule has 0 fully saturated rings. The molecule has 0 radical (unpaired) electrons. The Morgan fingerprint density at radius 2 is 1.81 bits per heavy atom. The highest BCUT2D eigenvalue weighted by molar-refractivity contribution is 7.99. The van der Waals surface area contributed by atoms with Gasteiger partial charge in [0, 0.05) is 12.2 Å². The second-order valence-electron chi connectivity index (χ2n) is 6.56. The van der Waals surface area contributed by atoms with Gasteiger partial charge in [-0.25, -0.2) is 4.79 Å². The molecule has 0 aliphatic carbocycles. The van der Waals surface area contributed by atoms with Gasteiger partial charge >= 0.3 is 5.97 Å². The fourth-order valence-corrected chi connectivity index (χ4v) is 3.70. The highest BCUT2D eigenvalue weighted by Crippen LogP contribution is 2.24. The number of nitrogens with one attached hydrogen (secondary N) is 1. The first-order chi connectivity index (χ1) is 15.0. The molecule has 162 valence electrons. The molecule has 0 bridgehead atoms. The summed E-state index contributed by atoms with van der Waals surface area (Å²) in [6.45, 7) is 4.57. The van der Waals surface area contributed by atoms with E-state index in [0.29, 0.717) is 28.8 Å². The lowest BCUT2D eigenvalue weighted by atomic mass is 10.2. The number of carbonyl (C=O) groups is 2. The van der Waals surface area contributed by atoms with Crippen LogP contribution in [0.15, 0.2) is 59.8 Å². The minimum Gasteiger partial charge on any atom is -0.483 e. The third kappa shape index (κ3) is 5.85. The number of esters is 1. The van der Waals surface area contributed by atoms with Crippen molar-refractivity contribution in [1.82, 2.24) is 14.8 Å². The van der Waals surface area contributed by atoms with Gasteiger partial charge in [0.2, 0.25) is 5.91 Å². The van der Waals surface area contributed by atoms with Crippen molar-refractivity contribution in [3.8, 4) is 5.75 Å². The van der Waals surface area contributed by atoms with Gasteiger partial charge in [-0.15, -0.1) is 10.2 Å². The van der Waals surface area contributed by atoms with Gasteiger partial charge in [0.1, 0.15) is 5.75 Å². The van der Waals surface area contributed by atoms with Crippen molar-refractivity contribution in [1.29, 1.82) is 0 Å². The summed E-state index contributed by atoms with van der Waals surface area (Å²) >= 11 is 1.30. The third-order valence-corrected chi connectivity index (χ3v) is 5.37. The zero-order chi connectivity index (χ0) is 22.2. The summed E-state index contributed by atoms with van der Waals surface area (Å²) in [4.78, 5) is 23.8. The van der Waals surface area contributed by atoms with Gasteiger partial charge in [-0.1, -0.05) is 30.0 Å². The van der Waals surface area contributed by atoms with E-state index in [0.717, 1.165) is 5.75 Å². The van der Waals surface area contributed by atoms with Gasteiger partial charge in [-0.2, -0.15) is 0 Å². The van der Waals surface area contributed by atoms with Gasteiger partial charge in [-0.05, 0) is 50.2 Å². The first-order valence-electron chi connectivity index (χ1n) is 9.77. The van der Waals surface area contributed by atoms with E-state index in [1.165, 1.54) is 18.9 Å². The lowest BCUT2D eigenvalue weighted by Crippen LogP contribution is -2.15. The average molecular weight is 441 g/mol. The van der Waals surface area contributed by atoms with Crippen LogP contribution >= 0.6 is 11.8 Å². The standard InChI is InChI=1S/C22H24N4O4S/c1-4-26-20(15(2)30-18-8-6-5-7-9-18)24-25-22(26)31-14-19(27)23-17-12-10-16(11-13-17)21(28)29-3/h5-13,15H,4,14H2,1-3H3,(H,23,27). The first-order valence-corrected chi connectivity index (χ1v) is 10.8. The molecule has 8 nitrogen and oxygen atoms in total. The number of anilines is 1. The van der Waals surface area contributed by atoms with Gasteiger partial charge in [0.05, 0.1) is 18.4 Å². The number of para-hydroxylation sites is 1. The van der Waals surface area contributed by atoms with Crippen LogP contribution in [0.5, 0.6) is 5.75 Å². The summed E-state index contributed by atoms with van der Waals surface area (Å²) in [6.07, 6.45) is -0.286. The van der Waals surface area contributed by atoms with Crippen molar-refractivity contribution in [3.05, 3.63) is 66.0 Å². The summed E-state index contributed by atoms with van der Waals surface area (Å²) in [5, 5.41) is 12.0.